The Kier molecular flexibility index (Phi) is 6.51. The fourth-order valence-corrected chi connectivity index (χ4v) is 2.14. The summed E-state index contributed by atoms with van der Waals surface area (Å²) in [5.74, 6) is 1.55. The van der Waals surface area contributed by atoms with E-state index < -0.39 is 0 Å². The van der Waals surface area contributed by atoms with E-state index in [0.717, 1.165) is 29.4 Å². The lowest BCUT2D eigenvalue weighted by Crippen LogP contribution is -2.41. The van der Waals surface area contributed by atoms with Crippen LogP contribution in [0.1, 0.15) is 20.8 Å². The van der Waals surface area contributed by atoms with Crippen molar-refractivity contribution in [2.45, 2.75) is 26.4 Å². The molecule has 25 heavy (non-hydrogen) atoms. The van der Waals surface area contributed by atoms with E-state index in [1.54, 1.807) is 18.0 Å². The Labute approximate surface area is 148 Å². The van der Waals surface area contributed by atoms with Crippen LogP contribution in [-0.2, 0) is 11.8 Å². The largest absolute Gasteiger partial charge is 0.377 e. The van der Waals surface area contributed by atoms with E-state index >= 15 is 0 Å². The van der Waals surface area contributed by atoms with E-state index in [1.165, 1.54) is 6.33 Å². The SMILES string of the molecule is CCNC(=NCC(C)(C)OC)NCCNc1ncnc2c1cnn2C. The number of ether oxygens (including phenoxy) is 1. The molecule has 0 unspecified atom stereocenters. The lowest BCUT2D eigenvalue weighted by atomic mass is 10.1. The number of fused-ring (bicyclic) bond motifs is 1. The minimum absolute atomic E-state index is 0.284. The zero-order valence-electron chi connectivity index (χ0n) is 15.6. The Balaban J connectivity index is 1.88. The molecule has 0 spiro atoms. The third-order valence-electron chi connectivity index (χ3n) is 3.75. The fraction of sp³-hybridized carbons (Fsp3) is 0.625. The first-order valence-corrected chi connectivity index (χ1v) is 8.40. The summed E-state index contributed by atoms with van der Waals surface area (Å²) in [7, 11) is 3.56. The molecule has 0 saturated carbocycles. The molecule has 0 saturated heterocycles. The predicted octanol–water partition coefficient (Wildman–Crippen LogP) is 0.755. The highest BCUT2D eigenvalue weighted by molar-refractivity contribution is 5.86. The monoisotopic (exact) mass is 348 g/mol. The van der Waals surface area contributed by atoms with Gasteiger partial charge in [0.2, 0.25) is 0 Å². The van der Waals surface area contributed by atoms with E-state index in [2.05, 4.69) is 36.0 Å². The molecule has 2 aromatic rings. The van der Waals surface area contributed by atoms with Crippen molar-refractivity contribution in [1.29, 1.82) is 0 Å². The third kappa shape index (κ3) is 5.28. The van der Waals surface area contributed by atoms with Crippen LogP contribution in [0.3, 0.4) is 0 Å². The smallest absolute Gasteiger partial charge is 0.191 e. The Morgan fingerprint density at radius 3 is 2.80 bits per heavy atom. The molecule has 0 aliphatic heterocycles. The molecule has 9 nitrogen and oxygen atoms in total. The zero-order chi connectivity index (χ0) is 18.3. The average Bonchev–Trinajstić information content (AvgIpc) is 2.98. The highest BCUT2D eigenvalue weighted by atomic mass is 16.5. The van der Waals surface area contributed by atoms with Gasteiger partial charge in [0.1, 0.15) is 12.1 Å². The van der Waals surface area contributed by atoms with E-state index in [-0.39, 0.29) is 5.60 Å². The molecular weight excluding hydrogens is 320 g/mol. The van der Waals surface area contributed by atoms with Crippen molar-refractivity contribution < 1.29 is 4.74 Å². The van der Waals surface area contributed by atoms with E-state index in [1.807, 2.05) is 27.8 Å². The number of methoxy groups -OCH3 is 1. The van der Waals surface area contributed by atoms with Crippen LogP contribution >= 0.6 is 0 Å². The topological polar surface area (TPSA) is 101 Å². The van der Waals surface area contributed by atoms with Gasteiger partial charge in [-0.1, -0.05) is 0 Å². The van der Waals surface area contributed by atoms with Gasteiger partial charge in [-0.05, 0) is 20.8 Å². The fourth-order valence-electron chi connectivity index (χ4n) is 2.14. The summed E-state index contributed by atoms with van der Waals surface area (Å²) < 4.78 is 7.13. The van der Waals surface area contributed by atoms with Crippen molar-refractivity contribution in [2.75, 3.05) is 38.6 Å². The van der Waals surface area contributed by atoms with Crippen LogP contribution in [0.4, 0.5) is 5.82 Å². The highest BCUT2D eigenvalue weighted by Gasteiger charge is 2.15. The van der Waals surface area contributed by atoms with Crippen molar-refractivity contribution >= 4 is 22.8 Å². The molecule has 3 N–H and O–H groups in total. The molecule has 0 bridgehead atoms. The first-order chi connectivity index (χ1) is 12.0. The van der Waals surface area contributed by atoms with E-state index in [9.17, 15) is 0 Å². The van der Waals surface area contributed by atoms with Crippen LogP contribution in [0.15, 0.2) is 17.5 Å². The molecular formula is C16H28N8O. The van der Waals surface area contributed by atoms with Gasteiger partial charge in [-0.15, -0.1) is 0 Å². The van der Waals surface area contributed by atoms with Crippen LogP contribution in [0.2, 0.25) is 0 Å². The van der Waals surface area contributed by atoms with Crippen LogP contribution in [-0.4, -0.2) is 64.6 Å². The van der Waals surface area contributed by atoms with Crippen LogP contribution < -0.4 is 16.0 Å². The van der Waals surface area contributed by atoms with E-state index in [0.29, 0.717) is 19.6 Å². The summed E-state index contributed by atoms with van der Waals surface area (Å²) in [5.41, 5.74) is 0.523. The lowest BCUT2D eigenvalue weighted by molar-refractivity contribution is 0.0311. The Hall–Kier alpha value is -2.42. The maximum atomic E-state index is 5.40. The summed E-state index contributed by atoms with van der Waals surface area (Å²) in [4.78, 5) is 13.1. The number of aromatic nitrogens is 4. The predicted molar refractivity (Wildman–Crippen MR) is 99.9 cm³/mol. The number of nitrogens with one attached hydrogen (secondary N) is 3. The molecule has 138 valence electrons. The highest BCUT2D eigenvalue weighted by Crippen LogP contribution is 2.17. The number of hydrogen-bond donors (Lipinski definition) is 3. The van der Waals surface area contributed by atoms with Crippen molar-refractivity contribution in [2.24, 2.45) is 12.0 Å². The number of aliphatic imine (C=N–C) groups is 1. The lowest BCUT2D eigenvalue weighted by Gasteiger charge is -2.21. The number of aryl methyl sites for hydroxylation is 1. The number of hydrogen-bond acceptors (Lipinski definition) is 6. The molecule has 2 rings (SSSR count). The second-order valence-electron chi connectivity index (χ2n) is 6.24. The Morgan fingerprint density at radius 2 is 2.08 bits per heavy atom. The first kappa shape index (κ1) is 18.9. The molecule has 9 heteroatoms. The van der Waals surface area contributed by atoms with Crippen LogP contribution in [0, 0.1) is 0 Å². The van der Waals surface area contributed by atoms with Gasteiger partial charge in [0.25, 0.3) is 0 Å². The summed E-state index contributed by atoms with van der Waals surface area (Å²) in [6.07, 6.45) is 3.31. The van der Waals surface area contributed by atoms with Crippen molar-refractivity contribution in [3.63, 3.8) is 0 Å². The summed E-state index contributed by atoms with van der Waals surface area (Å²) in [6, 6.07) is 0. The van der Waals surface area contributed by atoms with Crippen LogP contribution in [0.5, 0.6) is 0 Å². The van der Waals surface area contributed by atoms with Gasteiger partial charge in [0.05, 0.1) is 23.7 Å². The number of nitrogens with zero attached hydrogens (tertiary/aromatic N) is 5. The maximum absolute atomic E-state index is 5.40. The number of anilines is 1. The van der Waals surface area contributed by atoms with Gasteiger partial charge in [0.15, 0.2) is 11.6 Å². The minimum Gasteiger partial charge on any atom is -0.377 e. The quantitative estimate of drug-likeness (QED) is 0.368. The normalized spacial score (nSPS) is 12.4. The molecule has 2 heterocycles. The second-order valence-corrected chi connectivity index (χ2v) is 6.24. The Bertz CT molecular complexity index is 709. The molecule has 0 radical (unpaired) electrons. The third-order valence-corrected chi connectivity index (χ3v) is 3.75. The molecule has 2 aromatic heterocycles. The summed E-state index contributed by atoms with van der Waals surface area (Å²) in [6.45, 7) is 8.83. The molecule has 0 amide bonds. The summed E-state index contributed by atoms with van der Waals surface area (Å²) in [5, 5.41) is 15.0. The van der Waals surface area contributed by atoms with Gasteiger partial charge >= 0.3 is 0 Å². The van der Waals surface area contributed by atoms with Crippen molar-refractivity contribution in [1.82, 2.24) is 30.4 Å². The standard InChI is InChI=1S/C16H28N8O/c1-6-17-15(20-10-16(2,3)25-5)19-8-7-18-13-12-9-23-24(4)14(12)22-11-21-13/h9,11H,6-8,10H2,1-5H3,(H2,17,19,20)(H,18,21,22). The average molecular weight is 348 g/mol. The van der Waals surface area contributed by atoms with Crippen molar-refractivity contribution in [3.8, 4) is 0 Å². The Morgan fingerprint density at radius 1 is 1.28 bits per heavy atom. The van der Waals surface area contributed by atoms with Gasteiger partial charge in [-0.25, -0.2) is 9.97 Å². The maximum Gasteiger partial charge on any atom is 0.191 e. The minimum atomic E-state index is -0.284. The van der Waals surface area contributed by atoms with E-state index in [4.69, 9.17) is 4.74 Å². The molecule has 0 atom stereocenters. The van der Waals surface area contributed by atoms with Crippen molar-refractivity contribution in [3.05, 3.63) is 12.5 Å². The van der Waals surface area contributed by atoms with Gasteiger partial charge < -0.3 is 20.7 Å². The number of rotatable bonds is 8. The zero-order valence-corrected chi connectivity index (χ0v) is 15.6. The van der Waals surface area contributed by atoms with Gasteiger partial charge in [-0.3, -0.25) is 9.67 Å². The molecule has 0 aromatic carbocycles. The number of guanidine groups is 1. The molecule has 0 fully saturated rings. The second kappa shape index (κ2) is 8.61. The van der Waals surface area contributed by atoms with Gasteiger partial charge in [0, 0.05) is 33.8 Å². The van der Waals surface area contributed by atoms with Gasteiger partial charge in [-0.2, -0.15) is 5.10 Å². The van der Waals surface area contributed by atoms with Crippen LogP contribution in [0.25, 0.3) is 11.0 Å². The molecule has 0 aliphatic carbocycles. The summed E-state index contributed by atoms with van der Waals surface area (Å²) >= 11 is 0. The first-order valence-electron chi connectivity index (χ1n) is 8.40. The molecule has 0 aliphatic rings.